The number of nitrogens with two attached hydrogens (primary N) is 1. The minimum atomic E-state index is 0.361. The highest BCUT2D eigenvalue weighted by Crippen LogP contribution is 2.30. The standard InChI is InChI=1S/C13H19N3O/c1-5-8(2)16-7-12(14)13(15-16)11-6-9(3)17-10(11)4/h6-8H,5,14H2,1-4H3. The molecule has 4 nitrogen and oxygen atoms in total. The Labute approximate surface area is 101 Å². The zero-order valence-electron chi connectivity index (χ0n) is 10.8. The molecule has 2 heterocycles. The summed E-state index contributed by atoms with van der Waals surface area (Å²) in [4.78, 5) is 0. The second-order valence-corrected chi connectivity index (χ2v) is 4.50. The molecule has 0 fully saturated rings. The molecule has 0 saturated carbocycles. The first-order valence-corrected chi connectivity index (χ1v) is 5.95. The van der Waals surface area contributed by atoms with Gasteiger partial charge in [-0.3, -0.25) is 4.68 Å². The van der Waals surface area contributed by atoms with E-state index in [0.717, 1.165) is 29.2 Å². The molecular formula is C13H19N3O. The van der Waals surface area contributed by atoms with E-state index in [9.17, 15) is 0 Å². The zero-order chi connectivity index (χ0) is 12.6. The minimum Gasteiger partial charge on any atom is -0.466 e. The van der Waals surface area contributed by atoms with Crippen molar-refractivity contribution < 1.29 is 4.42 Å². The van der Waals surface area contributed by atoms with Crippen LogP contribution in [0.4, 0.5) is 5.69 Å². The minimum absolute atomic E-state index is 0.361. The molecule has 1 unspecified atom stereocenters. The maximum atomic E-state index is 6.02. The van der Waals surface area contributed by atoms with Crippen molar-refractivity contribution in [2.24, 2.45) is 0 Å². The number of anilines is 1. The van der Waals surface area contributed by atoms with E-state index in [4.69, 9.17) is 10.2 Å². The lowest BCUT2D eigenvalue weighted by molar-refractivity contribution is 0.478. The first kappa shape index (κ1) is 11.8. The summed E-state index contributed by atoms with van der Waals surface area (Å²) in [7, 11) is 0. The van der Waals surface area contributed by atoms with E-state index in [2.05, 4.69) is 18.9 Å². The summed E-state index contributed by atoms with van der Waals surface area (Å²) < 4.78 is 7.44. The number of nitrogens with zero attached hydrogens (tertiary/aromatic N) is 2. The third kappa shape index (κ3) is 2.07. The van der Waals surface area contributed by atoms with Crippen LogP contribution < -0.4 is 5.73 Å². The Morgan fingerprint density at radius 1 is 1.47 bits per heavy atom. The summed E-state index contributed by atoms with van der Waals surface area (Å²) >= 11 is 0. The Kier molecular flexibility index (Phi) is 2.96. The van der Waals surface area contributed by atoms with E-state index in [1.165, 1.54) is 0 Å². The maximum absolute atomic E-state index is 6.02. The highest BCUT2D eigenvalue weighted by molar-refractivity contribution is 5.73. The van der Waals surface area contributed by atoms with E-state index in [1.54, 1.807) is 0 Å². The molecule has 0 amide bonds. The van der Waals surface area contributed by atoms with Gasteiger partial charge in [-0.05, 0) is 33.3 Å². The summed E-state index contributed by atoms with van der Waals surface area (Å²) in [6.45, 7) is 8.13. The predicted molar refractivity (Wildman–Crippen MR) is 68.8 cm³/mol. The second-order valence-electron chi connectivity index (χ2n) is 4.50. The van der Waals surface area contributed by atoms with Gasteiger partial charge in [0.05, 0.1) is 5.69 Å². The molecule has 2 aromatic heterocycles. The van der Waals surface area contributed by atoms with Gasteiger partial charge < -0.3 is 10.2 Å². The molecule has 4 heteroatoms. The van der Waals surface area contributed by atoms with Crippen molar-refractivity contribution in [3.05, 3.63) is 23.8 Å². The van der Waals surface area contributed by atoms with Crippen molar-refractivity contribution in [3.8, 4) is 11.3 Å². The lowest BCUT2D eigenvalue weighted by atomic mass is 10.1. The molecule has 2 N–H and O–H groups in total. The number of hydrogen-bond acceptors (Lipinski definition) is 3. The number of rotatable bonds is 3. The van der Waals surface area contributed by atoms with Gasteiger partial charge in [0.2, 0.25) is 0 Å². The van der Waals surface area contributed by atoms with Gasteiger partial charge in [-0.25, -0.2) is 0 Å². The van der Waals surface area contributed by atoms with Crippen molar-refractivity contribution >= 4 is 5.69 Å². The summed E-state index contributed by atoms with van der Waals surface area (Å²) in [5, 5.41) is 4.56. The molecule has 0 aliphatic carbocycles. The Hall–Kier alpha value is -1.71. The van der Waals surface area contributed by atoms with Gasteiger partial charge in [-0.1, -0.05) is 6.92 Å². The third-order valence-electron chi connectivity index (χ3n) is 3.10. The highest BCUT2D eigenvalue weighted by Gasteiger charge is 2.15. The molecule has 0 aliphatic heterocycles. The molecule has 0 bridgehead atoms. The second kappa shape index (κ2) is 4.28. The smallest absolute Gasteiger partial charge is 0.119 e. The Balaban J connectivity index is 2.46. The van der Waals surface area contributed by atoms with Gasteiger partial charge in [0.1, 0.15) is 17.2 Å². The van der Waals surface area contributed by atoms with Crippen molar-refractivity contribution in [2.75, 3.05) is 5.73 Å². The number of furan rings is 1. The monoisotopic (exact) mass is 233 g/mol. The lowest BCUT2D eigenvalue weighted by Gasteiger charge is -2.07. The normalized spacial score (nSPS) is 12.9. The number of nitrogen functional groups attached to an aromatic ring is 1. The van der Waals surface area contributed by atoms with Gasteiger partial charge in [0.25, 0.3) is 0 Å². The fraction of sp³-hybridized carbons (Fsp3) is 0.462. The molecule has 1 atom stereocenters. The SMILES string of the molecule is CCC(C)n1cc(N)c(-c2cc(C)oc2C)n1. The quantitative estimate of drug-likeness (QED) is 0.884. The van der Waals surface area contributed by atoms with E-state index >= 15 is 0 Å². The Bertz CT molecular complexity index is 525. The Morgan fingerprint density at radius 3 is 2.71 bits per heavy atom. The van der Waals surface area contributed by atoms with Crippen molar-refractivity contribution in [2.45, 2.75) is 40.2 Å². The van der Waals surface area contributed by atoms with Crippen LogP contribution in [0.2, 0.25) is 0 Å². The van der Waals surface area contributed by atoms with Crippen LogP contribution in [0, 0.1) is 13.8 Å². The van der Waals surface area contributed by atoms with Gasteiger partial charge >= 0.3 is 0 Å². The number of hydrogen-bond donors (Lipinski definition) is 1. The van der Waals surface area contributed by atoms with E-state index in [-0.39, 0.29) is 0 Å². The van der Waals surface area contributed by atoms with Gasteiger partial charge in [-0.15, -0.1) is 0 Å². The number of aryl methyl sites for hydroxylation is 2. The molecule has 0 saturated heterocycles. The van der Waals surface area contributed by atoms with Crippen molar-refractivity contribution in [3.63, 3.8) is 0 Å². The van der Waals surface area contributed by atoms with Gasteiger partial charge in [0, 0.05) is 17.8 Å². The summed E-state index contributed by atoms with van der Waals surface area (Å²) in [6, 6.07) is 2.34. The summed E-state index contributed by atoms with van der Waals surface area (Å²) in [6.07, 6.45) is 2.93. The molecule has 2 rings (SSSR count). The molecule has 92 valence electrons. The summed E-state index contributed by atoms with van der Waals surface area (Å²) in [5.41, 5.74) is 8.53. The molecule has 2 aromatic rings. The van der Waals surface area contributed by atoms with Crippen LogP contribution in [0.15, 0.2) is 16.7 Å². The Morgan fingerprint density at radius 2 is 2.18 bits per heavy atom. The maximum Gasteiger partial charge on any atom is 0.119 e. The third-order valence-corrected chi connectivity index (χ3v) is 3.10. The zero-order valence-corrected chi connectivity index (χ0v) is 10.8. The van der Waals surface area contributed by atoms with Gasteiger partial charge in [0.15, 0.2) is 0 Å². The lowest BCUT2D eigenvalue weighted by Crippen LogP contribution is -2.04. The predicted octanol–water partition coefficient (Wildman–Crippen LogP) is 3.31. The average Bonchev–Trinajstić information content (AvgIpc) is 2.80. The van der Waals surface area contributed by atoms with Crippen LogP contribution in [-0.2, 0) is 0 Å². The van der Waals surface area contributed by atoms with Crippen LogP contribution in [0.5, 0.6) is 0 Å². The molecule has 17 heavy (non-hydrogen) atoms. The molecular weight excluding hydrogens is 214 g/mol. The fourth-order valence-electron chi connectivity index (χ4n) is 1.89. The van der Waals surface area contributed by atoms with Crippen LogP contribution in [0.25, 0.3) is 11.3 Å². The van der Waals surface area contributed by atoms with Crippen LogP contribution in [-0.4, -0.2) is 9.78 Å². The first-order valence-electron chi connectivity index (χ1n) is 5.95. The van der Waals surface area contributed by atoms with Crippen LogP contribution in [0.3, 0.4) is 0 Å². The van der Waals surface area contributed by atoms with E-state index in [1.807, 2.05) is 30.8 Å². The average molecular weight is 233 g/mol. The molecule has 0 aliphatic rings. The van der Waals surface area contributed by atoms with E-state index in [0.29, 0.717) is 11.7 Å². The van der Waals surface area contributed by atoms with Crippen LogP contribution >= 0.6 is 0 Å². The van der Waals surface area contributed by atoms with E-state index < -0.39 is 0 Å². The fourth-order valence-corrected chi connectivity index (χ4v) is 1.89. The molecule has 0 radical (unpaired) electrons. The van der Waals surface area contributed by atoms with Crippen molar-refractivity contribution in [1.82, 2.24) is 9.78 Å². The number of aromatic nitrogens is 2. The first-order chi connectivity index (χ1) is 8.02. The largest absolute Gasteiger partial charge is 0.466 e. The van der Waals surface area contributed by atoms with Crippen LogP contribution in [0.1, 0.15) is 37.8 Å². The topological polar surface area (TPSA) is 57.0 Å². The van der Waals surface area contributed by atoms with Crippen molar-refractivity contribution in [1.29, 1.82) is 0 Å². The summed E-state index contributed by atoms with van der Waals surface area (Å²) in [5.74, 6) is 1.75. The molecule has 0 spiro atoms. The highest BCUT2D eigenvalue weighted by atomic mass is 16.3. The molecule has 0 aromatic carbocycles. The van der Waals surface area contributed by atoms with Gasteiger partial charge in [-0.2, -0.15) is 5.10 Å².